The predicted octanol–water partition coefficient (Wildman–Crippen LogP) is 1.31. The molecule has 1 rings (SSSR count). The summed E-state index contributed by atoms with van der Waals surface area (Å²) in [6.07, 6.45) is 1.06. The number of hydrogen-bond donors (Lipinski definition) is 0. The lowest BCUT2D eigenvalue weighted by Crippen LogP contribution is -2.41. The highest BCUT2D eigenvalue weighted by Crippen LogP contribution is 2.26. The Balaban J connectivity index is 2.92. The van der Waals surface area contributed by atoms with Crippen molar-refractivity contribution in [3.8, 4) is 0 Å². The fourth-order valence-electron chi connectivity index (χ4n) is 2.27. The average molecular weight is 278 g/mol. The van der Waals surface area contributed by atoms with E-state index in [1.54, 1.807) is 13.8 Å². The first kappa shape index (κ1) is 15.4. The van der Waals surface area contributed by atoms with Crippen LogP contribution in [0.3, 0.4) is 0 Å². The number of hydrogen-bond acceptors (Lipinski definition) is 5. The minimum absolute atomic E-state index is 0.200. The molecule has 0 N–H and O–H groups in total. The average Bonchev–Trinajstić information content (AvgIpc) is 2.73. The second kappa shape index (κ2) is 6.52. The lowest BCUT2D eigenvalue weighted by atomic mass is 10.2. The molecule has 0 bridgehead atoms. The monoisotopic (exact) mass is 278 g/mol. The number of carbonyl (C=O) groups is 1. The first-order valence-electron chi connectivity index (χ1n) is 6.46. The standard InChI is InChI=1S/C12H22O5S/c1-4-6-11(12(13)16-5-2)18(14,15)10-7-8-17-9(10)3/h9-11H,4-8H2,1-3H3. The number of esters is 1. The van der Waals surface area contributed by atoms with Crippen LogP contribution in [0.1, 0.15) is 40.0 Å². The molecule has 1 aliphatic rings. The summed E-state index contributed by atoms with van der Waals surface area (Å²) < 4.78 is 35.1. The van der Waals surface area contributed by atoms with Gasteiger partial charge in [0.25, 0.3) is 0 Å². The van der Waals surface area contributed by atoms with Gasteiger partial charge < -0.3 is 9.47 Å². The van der Waals surface area contributed by atoms with Crippen molar-refractivity contribution in [1.29, 1.82) is 0 Å². The van der Waals surface area contributed by atoms with Crippen molar-refractivity contribution < 1.29 is 22.7 Å². The summed E-state index contributed by atoms with van der Waals surface area (Å²) in [6, 6.07) is 0. The molecule has 3 unspecified atom stereocenters. The molecule has 3 atom stereocenters. The first-order valence-corrected chi connectivity index (χ1v) is 8.07. The molecular formula is C12H22O5S. The van der Waals surface area contributed by atoms with Gasteiger partial charge in [0.1, 0.15) is 0 Å². The molecule has 1 saturated heterocycles. The highest BCUT2D eigenvalue weighted by atomic mass is 32.2. The Labute approximate surface area is 109 Å². The van der Waals surface area contributed by atoms with Gasteiger partial charge in [-0.1, -0.05) is 13.3 Å². The highest BCUT2D eigenvalue weighted by Gasteiger charge is 2.44. The number of rotatable bonds is 6. The van der Waals surface area contributed by atoms with E-state index in [0.29, 0.717) is 25.9 Å². The van der Waals surface area contributed by atoms with Gasteiger partial charge in [-0.25, -0.2) is 8.42 Å². The molecule has 18 heavy (non-hydrogen) atoms. The van der Waals surface area contributed by atoms with E-state index in [2.05, 4.69) is 0 Å². The summed E-state index contributed by atoms with van der Waals surface area (Å²) in [5, 5.41) is -1.63. The van der Waals surface area contributed by atoms with Gasteiger partial charge in [-0.05, 0) is 26.7 Å². The topological polar surface area (TPSA) is 69.7 Å². The van der Waals surface area contributed by atoms with Crippen molar-refractivity contribution in [2.24, 2.45) is 0 Å². The second-order valence-corrected chi connectivity index (χ2v) is 6.87. The van der Waals surface area contributed by atoms with E-state index >= 15 is 0 Å². The van der Waals surface area contributed by atoms with Crippen LogP contribution in [0.25, 0.3) is 0 Å². The van der Waals surface area contributed by atoms with Crippen molar-refractivity contribution in [3.05, 3.63) is 0 Å². The number of sulfone groups is 1. The van der Waals surface area contributed by atoms with Gasteiger partial charge in [-0.15, -0.1) is 0 Å². The lowest BCUT2D eigenvalue weighted by molar-refractivity contribution is -0.142. The Morgan fingerprint density at radius 1 is 1.44 bits per heavy atom. The third-order valence-electron chi connectivity index (χ3n) is 3.23. The van der Waals surface area contributed by atoms with Crippen LogP contribution in [-0.4, -0.2) is 44.2 Å². The SMILES string of the molecule is CCCC(C(=O)OCC)S(=O)(=O)C1CCOC1C. The summed E-state index contributed by atoms with van der Waals surface area (Å²) in [5.74, 6) is -0.626. The fraction of sp³-hybridized carbons (Fsp3) is 0.917. The molecule has 6 heteroatoms. The maximum Gasteiger partial charge on any atom is 0.324 e. The molecule has 1 aliphatic heterocycles. The predicted molar refractivity (Wildman–Crippen MR) is 68.1 cm³/mol. The van der Waals surface area contributed by atoms with Crippen molar-refractivity contribution >= 4 is 15.8 Å². The molecule has 106 valence electrons. The summed E-state index contributed by atoms with van der Waals surface area (Å²) in [4.78, 5) is 11.8. The molecule has 0 aliphatic carbocycles. The van der Waals surface area contributed by atoms with Gasteiger partial charge >= 0.3 is 5.97 Å². The maximum atomic E-state index is 12.5. The second-order valence-electron chi connectivity index (χ2n) is 4.52. The molecule has 0 aromatic carbocycles. The van der Waals surface area contributed by atoms with Crippen molar-refractivity contribution in [2.75, 3.05) is 13.2 Å². The van der Waals surface area contributed by atoms with E-state index in [1.165, 1.54) is 0 Å². The minimum Gasteiger partial charge on any atom is -0.465 e. The zero-order valence-corrected chi connectivity index (χ0v) is 12.0. The van der Waals surface area contributed by atoms with E-state index in [-0.39, 0.29) is 12.7 Å². The Bertz CT molecular complexity index is 376. The van der Waals surface area contributed by atoms with Gasteiger partial charge in [-0.3, -0.25) is 4.79 Å². The maximum absolute atomic E-state index is 12.5. The zero-order chi connectivity index (χ0) is 13.8. The molecule has 0 amide bonds. The molecular weight excluding hydrogens is 256 g/mol. The molecule has 1 fully saturated rings. The largest absolute Gasteiger partial charge is 0.465 e. The minimum atomic E-state index is -3.53. The number of ether oxygens (including phenoxy) is 2. The molecule has 5 nitrogen and oxygen atoms in total. The highest BCUT2D eigenvalue weighted by molar-refractivity contribution is 7.93. The van der Waals surface area contributed by atoms with Crippen LogP contribution in [0.5, 0.6) is 0 Å². The molecule has 0 aromatic heterocycles. The summed E-state index contributed by atoms with van der Waals surface area (Å²) in [7, 11) is -3.53. The molecule has 0 aromatic rings. The van der Waals surface area contributed by atoms with E-state index in [9.17, 15) is 13.2 Å². The van der Waals surface area contributed by atoms with Gasteiger partial charge in [0.2, 0.25) is 0 Å². The normalized spacial score (nSPS) is 25.9. The van der Waals surface area contributed by atoms with Gasteiger partial charge in [0.05, 0.1) is 18.0 Å². The van der Waals surface area contributed by atoms with Crippen LogP contribution in [-0.2, 0) is 24.1 Å². The van der Waals surface area contributed by atoms with Gasteiger partial charge in [0, 0.05) is 6.61 Å². The fourth-order valence-corrected chi connectivity index (χ4v) is 4.63. The van der Waals surface area contributed by atoms with Gasteiger partial charge in [-0.2, -0.15) is 0 Å². The summed E-state index contributed by atoms with van der Waals surface area (Å²) in [5.41, 5.74) is 0. The van der Waals surface area contributed by atoms with Crippen LogP contribution in [0.15, 0.2) is 0 Å². The van der Waals surface area contributed by atoms with Crippen LogP contribution in [0.4, 0.5) is 0 Å². The molecule has 1 heterocycles. The Hall–Kier alpha value is -0.620. The quantitative estimate of drug-likeness (QED) is 0.685. The first-order chi connectivity index (χ1) is 8.45. The summed E-state index contributed by atoms with van der Waals surface area (Å²) >= 11 is 0. The Morgan fingerprint density at radius 2 is 2.11 bits per heavy atom. The molecule has 0 saturated carbocycles. The van der Waals surface area contributed by atoms with Crippen LogP contribution < -0.4 is 0 Å². The van der Waals surface area contributed by atoms with Crippen molar-refractivity contribution in [1.82, 2.24) is 0 Å². The zero-order valence-electron chi connectivity index (χ0n) is 11.2. The third kappa shape index (κ3) is 3.23. The van der Waals surface area contributed by atoms with E-state index in [0.717, 1.165) is 0 Å². The van der Waals surface area contributed by atoms with Crippen LogP contribution in [0, 0.1) is 0 Å². The van der Waals surface area contributed by atoms with Crippen molar-refractivity contribution in [2.45, 2.75) is 56.6 Å². The Morgan fingerprint density at radius 3 is 2.56 bits per heavy atom. The van der Waals surface area contributed by atoms with Crippen LogP contribution in [0.2, 0.25) is 0 Å². The lowest BCUT2D eigenvalue weighted by Gasteiger charge is -2.21. The smallest absolute Gasteiger partial charge is 0.324 e. The van der Waals surface area contributed by atoms with Crippen molar-refractivity contribution in [3.63, 3.8) is 0 Å². The van der Waals surface area contributed by atoms with Gasteiger partial charge in [0.15, 0.2) is 15.1 Å². The van der Waals surface area contributed by atoms with Crippen LogP contribution >= 0.6 is 0 Å². The third-order valence-corrected chi connectivity index (χ3v) is 5.91. The Kier molecular flexibility index (Phi) is 5.59. The summed E-state index contributed by atoms with van der Waals surface area (Å²) in [6.45, 7) is 5.91. The molecule has 0 spiro atoms. The van der Waals surface area contributed by atoms with E-state index in [4.69, 9.17) is 9.47 Å². The molecule has 0 radical (unpaired) electrons. The number of carbonyl (C=O) groups excluding carboxylic acids is 1. The van der Waals surface area contributed by atoms with E-state index < -0.39 is 26.3 Å². The van der Waals surface area contributed by atoms with E-state index in [1.807, 2.05) is 6.92 Å².